The van der Waals surface area contributed by atoms with Crippen molar-refractivity contribution in [2.75, 3.05) is 0 Å². The van der Waals surface area contributed by atoms with Gasteiger partial charge >= 0.3 is 0 Å². The summed E-state index contributed by atoms with van der Waals surface area (Å²) in [6, 6.07) is 10.4. The first-order chi connectivity index (χ1) is 5.75. The van der Waals surface area contributed by atoms with E-state index in [-0.39, 0.29) is 0 Å². The molecule has 0 heteroatoms. The molecule has 1 aromatic carbocycles. The fourth-order valence-electron chi connectivity index (χ4n) is 1.32. The number of hydrogen-bond acceptors (Lipinski definition) is 0. The normalized spacial score (nSPS) is 12.2. The van der Waals surface area contributed by atoms with E-state index in [2.05, 4.69) is 45.0 Å². The second-order valence-corrected chi connectivity index (χ2v) is 3.18. The van der Waals surface area contributed by atoms with Gasteiger partial charge in [-0.05, 0) is 24.0 Å². The fraction of sp³-hybridized carbons (Fsp3) is 0.250. The van der Waals surface area contributed by atoms with Crippen molar-refractivity contribution in [2.45, 2.75) is 13.8 Å². The minimum absolute atomic E-state index is 0.546. The molecule has 0 aliphatic rings. The van der Waals surface area contributed by atoms with Crippen molar-refractivity contribution in [1.29, 1.82) is 0 Å². The topological polar surface area (TPSA) is 0 Å². The Hall–Kier alpha value is -1.04. The molecule has 0 bridgehead atoms. The average molecular weight is 159 g/mol. The van der Waals surface area contributed by atoms with Gasteiger partial charge in [0.15, 0.2) is 0 Å². The largest absolute Gasteiger partial charge is 0.0802 e. The van der Waals surface area contributed by atoms with Crippen LogP contribution in [0, 0.1) is 12.8 Å². The number of allylic oxidation sites excluding steroid dienone is 2. The van der Waals surface area contributed by atoms with Crippen molar-refractivity contribution in [3.05, 3.63) is 48.9 Å². The van der Waals surface area contributed by atoms with Crippen LogP contribution in [0.5, 0.6) is 0 Å². The predicted molar refractivity (Wildman–Crippen MR) is 54.6 cm³/mol. The van der Waals surface area contributed by atoms with Crippen molar-refractivity contribution in [3.8, 4) is 0 Å². The Kier molecular flexibility index (Phi) is 3.09. The lowest BCUT2D eigenvalue weighted by molar-refractivity contribution is 0.855. The van der Waals surface area contributed by atoms with Crippen molar-refractivity contribution in [1.82, 2.24) is 0 Å². The van der Waals surface area contributed by atoms with E-state index in [0.29, 0.717) is 5.92 Å². The van der Waals surface area contributed by atoms with Crippen molar-refractivity contribution in [3.63, 3.8) is 0 Å². The van der Waals surface area contributed by atoms with E-state index in [1.807, 2.05) is 12.1 Å². The molecule has 0 aromatic heterocycles. The molecule has 0 spiro atoms. The lowest BCUT2D eigenvalue weighted by Crippen LogP contribution is -1.92. The van der Waals surface area contributed by atoms with Gasteiger partial charge in [0.25, 0.3) is 0 Å². The van der Waals surface area contributed by atoms with Crippen LogP contribution in [0.2, 0.25) is 0 Å². The summed E-state index contributed by atoms with van der Waals surface area (Å²) in [6.45, 7) is 8.19. The Labute approximate surface area is 74.9 Å². The molecule has 0 saturated heterocycles. The van der Waals surface area contributed by atoms with Gasteiger partial charge in [-0.2, -0.15) is 0 Å². The third kappa shape index (κ3) is 1.97. The van der Waals surface area contributed by atoms with E-state index in [1.165, 1.54) is 11.1 Å². The highest BCUT2D eigenvalue weighted by Gasteiger charge is 2.03. The highest BCUT2D eigenvalue weighted by atomic mass is 14.1. The third-order valence-corrected chi connectivity index (χ3v) is 1.95. The van der Waals surface area contributed by atoms with Gasteiger partial charge in [0, 0.05) is 0 Å². The highest BCUT2D eigenvalue weighted by molar-refractivity contribution is 5.67. The number of benzene rings is 1. The van der Waals surface area contributed by atoms with Crippen LogP contribution in [0.1, 0.15) is 19.4 Å². The smallest absolute Gasteiger partial charge is 0.0216 e. The van der Waals surface area contributed by atoms with Crippen LogP contribution in [0.25, 0.3) is 5.57 Å². The summed E-state index contributed by atoms with van der Waals surface area (Å²) < 4.78 is 0. The Morgan fingerprint density at radius 2 is 1.83 bits per heavy atom. The summed E-state index contributed by atoms with van der Waals surface area (Å²) in [6.07, 6.45) is 1.94. The summed E-state index contributed by atoms with van der Waals surface area (Å²) in [7, 11) is 0. The molecule has 0 heterocycles. The molecule has 1 aromatic rings. The van der Waals surface area contributed by atoms with E-state index in [0.717, 1.165) is 0 Å². The molecule has 12 heavy (non-hydrogen) atoms. The molecule has 0 atom stereocenters. The van der Waals surface area contributed by atoms with Gasteiger partial charge in [0.1, 0.15) is 0 Å². The molecule has 63 valence electrons. The van der Waals surface area contributed by atoms with Gasteiger partial charge in [-0.1, -0.05) is 50.3 Å². The van der Waals surface area contributed by atoms with Crippen molar-refractivity contribution < 1.29 is 0 Å². The Morgan fingerprint density at radius 1 is 1.25 bits per heavy atom. The molecule has 0 aliphatic heterocycles. The second kappa shape index (κ2) is 4.10. The van der Waals surface area contributed by atoms with E-state index in [4.69, 9.17) is 0 Å². The molecule has 0 amide bonds. The average Bonchev–Trinajstić information content (AvgIpc) is 2.07. The van der Waals surface area contributed by atoms with Crippen molar-refractivity contribution in [2.24, 2.45) is 5.92 Å². The first-order valence-corrected chi connectivity index (χ1v) is 4.30. The van der Waals surface area contributed by atoms with Gasteiger partial charge < -0.3 is 0 Å². The SMILES string of the molecule is [CH2]C=C(c1ccccc1)C(C)C. The Morgan fingerprint density at radius 3 is 2.25 bits per heavy atom. The predicted octanol–water partition coefficient (Wildman–Crippen LogP) is 3.56. The van der Waals surface area contributed by atoms with Gasteiger partial charge in [-0.3, -0.25) is 0 Å². The minimum Gasteiger partial charge on any atom is -0.0802 e. The first kappa shape index (κ1) is 9.05. The van der Waals surface area contributed by atoms with Gasteiger partial charge in [0.05, 0.1) is 0 Å². The molecule has 0 fully saturated rings. The Balaban J connectivity index is 2.97. The number of hydrogen-bond donors (Lipinski definition) is 0. The summed E-state index contributed by atoms with van der Waals surface area (Å²) in [5.74, 6) is 0.546. The summed E-state index contributed by atoms with van der Waals surface area (Å²) >= 11 is 0. The maximum absolute atomic E-state index is 3.82. The lowest BCUT2D eigenvalue weighted by atomic mass is 9.95. The van der Waals surface area contributed by atoms with E-state index in [1.54, 1.807) is 0 Å². The van der Waals surface area contributed by atoms with Crippen LogP contribution in [0.3, 0.4) is 0 Å². The monoisotopic (exact) mass is 159 g/mol. The van der Waals surface area contributed by atoms with Crippen LogP contribution in [-0.2, 0) is 0 Å². The lowest BCUT2D eigenvalue weighted by Gasteiger charge is -2.10. The van der Waals surface area contributed by atoms with Crippen LogP contribution < -0.4 is 0 Å². The molecular formula is C12H15. The third-order valence-electron chi connectivity index (χ3n) is 1.95. The van der Waals surface area contributed by atoms with Gasteiger partial charge in [-0.15, -0.1) is 0 Å². The van der Waals surface area contributed by atoms with Crippen LogP contribution in [0.15, 0.2) is 36.4 Å². The fourth-order valence-corrected chi connectivity index (χ4v) is 1.32. The number of rotatable bonds is 2. The molecule has 0 aliphatic carbocycles. The van der Waals surface area contributed by atoms with E-state index in [9.17, 15) is 0 Å². The molecule has 0 saturated carbocycles. The first-order valence-electron chi connectivity index (χ1n) is 4.30. The second-order valence-electron chi connectivity index (χ2n) is 3.18. The molecule has 0 nitrogen and oxygen atoms in total. The quantitative estimate of drug-likeness (QED) is 0.619. The van der Waals surface area contributed by atoms with Crippen LogP contribution in [0.4, 0.5) is 0 Å². The zero-order chi connectivity index (χ0) is 8.97. The van der Waals surface area contributed by atoms with Crippen LogP contribution >= 0.6 is 0 Å². The standard InChI is InChI=1S/C12H15/c1-4-12(10(2)3)11-8-6-5-7-9-11/h4-10H,1H2,2-3H3. The summed E-state index contributed by atoms with van der Waals surface area (Å²) in [4.78, 5) is 0. The molecule has 1 radical (unpaired) electrons. The van der Waals surface area contributed by atoms with E-state index < -0.39 is 0 Å². The van der Waals surface area contributed by atoms with Crippen molar-refractivity contribution >= 4 is 5.57 Å². The zero-order valence-corrected chi connectivity index (χ0v) is 7.75. The summed E-state index contributed by atoms with van der Waals surface area (Å²) in [5.41, 5.74) is 2.60. The maximum atomic E-state index is 3.82. The zero-order valence-electron chi connectivity index (χ0n) is 7.75. The minimum atomic E-state index is 0.546. The van der Waals surface area contributed by atoms with Crippen LogP contribution in [-0.4, -0.2) is 0 Å². The summed E-state index contributed by atoms with van der Waals surface area (Å²) in [5, 5.41) is 0. The van der Waals surface area contributed by atoms with E-state index >= 15 is 0 Å². The van der Waals surface area contributed by atoms with Gasteiger partial charge in [-0.25, -0.2) is 0 Å². The highest BCUT2D eigenvalue weighted by Crippen LogP contribution is 2.21. The molecular weight excluding hydrogens is 144 g/mol. The molecule has 0 N–H and O–H groups in total. The van der Waals surface area contributed by atoms with Gasteiger partial charge in [0.2, 0.25) is 0 Å². The Bertz CT molecular complexity index is 255. The molecule has 1 rings (SSSR count). The maximum Gasteiger partial charge on any atom is -0.0216 e. The molecule has 0 unspecified atom stereocenters.